The normalized spacial score (nSPS) is 11.6. The Labute approximate surface area is 121 Å². The summed E-state index contributed by atoms with van der Waals surface area (Å²) in [5.41, 5.74) is 1.51. The first-order chi connectivity index (χ1) is 10.1. The van der Waals surface area contributed by atoms with Gasteiger partial charge in [0, 0.05) is 22.9 Å². The van der Waals surface area contributed by atoms with Crippen molar-refractivity contribution >= 4 is 12.4 Å². The molecular formula is C15H14FN3O2. The van der Waals surface area contributed by atoms with E-state index in [0.717, 1.165) is 0 Å². The lowest BCUT2D eigenvalue weighted by molar-refractivity contribution is 0.280. The van der Waals surface area contributed by atoms with Gasteiger partial charge in [-0.15, -0.1) is 0 Å². The highest BCUT2D eigenvalue weighted by molar-refractivity contribution is 5.86. The Kier molecular flexibility index (Phi) is 4.73. The molecule has 0 aliphatic carbocycles. The predicted molar refractivity (Wildman–Crippen MR) is 78.1 cm³/mol. The van der Waals surface area contributed by atoms with E-state index >= 15 is 0 Å². The van der Waals surface area contributed by atoms with E-state index in [9.17, 15) is 14.6 Å². The van der Waals surface area contributed by atoms with Crippen molar-refractivity contribution in [2.24, 2.45) is 10.2 Å². The van der Waals surface area contributed by atoms with E-state index in [0.29, 0.717) is 22.4 Å². The fraction of sp³-hybridized carbons (Fsp3) is 0.133. The van der Waals surface area contributed by atoms with Gasteiger partial charge in [-0.05, 0) is 13.0 Å². The molecule has 0 radical (unpaired) electrons. The Bertz CT molecular complexity index is 699. The number of aryl methyl sites for hydroxylation is 1. The maximum absolute atomic E-state index is 13.4. The summed E-state index contributed by atoms with van der Waals surface area (Å²) in [4.78, 5) is 3.94. The Morgan fingerprint density at radius 2 is 1.95 bits per heavy atom. The zero-order valence-electron chi connectivity index (χ0n) is 11.4. The predicted octanol–water partition coefficient (Wildman–Crippen LogP) is 2.18. The van der Waals surface area contributed by atoms with Gasteiger partial charge in [0.25, 0.3) is 0 Å². The molecule has 6 heteroatoms. The van der Waals surface area contributed by atoms with Crippen LogP contribution in [0.15, 0.2) is 40.7 Å². The first-order valence-corrected chi connectivity index (χ1v) is 6.22. The summed E-state index contributed by atoms with van der Waals surface area (Å²) in [6, 6.07) is 6.17. The molecule has 1 aromatic carbocycles. The van der Waals surface area contributed by atoms with Gasteiger partial charge in [-0.25, -0.2) is 4.39 Å². The standard InChI is InChI=1S/C15H14FN3O2/c1-10-15(21)13(12(9-20)6-17-10)8-19-18-7-11-4-2-3-5-14(11)16/h2-8,20-21H,9H2,1H3/b18-7+,19-8+. The minimum Gasteiger partial charge on any atom is -0.505 e. The van der Waals surface area contributed by atoms with Crippen molar-refractivity contribution in [3.8, 4) is 5.75 Å². The maximum Gasteiger partial charge on any atom is 0.145 e. The van der Waals surface area contributed by atoms with Crippen LogP contribution >= 0.6 is 0 Å². The minimum atomic E-state index is -0.393. The van der Waals surface area contributed by atoms with Gasteiger partial charge in [0.1, 0.15) is 11.6 Å². The molecule has 0 spiro atoms. The van der Waals surface area contributed by atoms with Crippen molar-refractivity contribution in [3.05, 3.63) is 58.7 Å². The molecular weight excluding hydrogens is 273 g/mol. The van der Waals surface area contributed by atoms with Gasteiger partial charge in [0.15, 0.2) is 0 Å². The minimum absolute atomic E-state index is 0.0635. The highest BCUT2D eigenvalue weighted by atomic mass is 19.1. The van der Waals surface area contributed by atoms with E-state index in [-0.39, 0.29) is 12.4 Å². The number of benzene rings is 1. The van der Waals surface area contributed by atoms with Crippen LogP contribution in [-0.4, -0.2) is 27.6 Å². The van der Waals surface area contributed by atoms with Crippen LogP contribution < -0.4 is 0 Å². The topological polar surface area (TPSA) is 78.1 Å². The molecule has 0 unspecified atom stereocenters. The molecule has 2 aromatic rings. The summed E-state index contributed by atoms with van der Waals surface area (Å²) >= 11 is 0. The van der Waals surface area contributed by atoms with Crippen LogP contribution in [0, 0.1) is 12.7 Å². The third-order valence-electron chi connectivity index (χ3n) is 2.88. The molecule has 1 aromatic heterocycles. The van der Waals surface area contributed by atoms with Crippen LogP contribution in [0.25, 0.3) is 0 Å². The van der Waals surface area contributed by atoms with Crippen molar-refractivity contribution in [2.75, 3.05) is 0 Å². The van der Waals surface area contributed by atoms with E-state index in [2.05, 4.69) is 15.2 Å². The van der Waals surface area contributed by atoms with Gasteiger partial charge in [-0.3, -0.25) is 4.98 Å². The van der Waals surface area contributed by atoms with E-state index in [1.807, 2.05) is 0 Å². The van der Waals surface area contributed by atoms with Gasteiger partial charge >= 0.3 is 0 Å². The SMILES string of the molecule is Cc1ncc(CO)c(/C=N/N=C/c2ccccc2F)c1O. The Morgan fingerprint density at radius 1 is 1.24 bits per heavy atom. The second kappa shape index (κ2) is 6.71. The highest BCUT2D eigenvalue weighted by Crippen LogP contribution is 2.21. The van der Waals surface area contributed by atoms with Crippen molar-refractivity contribution < 1.29 is 14.6 Å². The number of nitrogens with zero attached hydrogens (tertiary/aromatic N) is 3. The first-order valence-electron chi connectivity index (χ1n) is 6.22. The lowest BCUT2D eigenvalue weighted by Gasteiger charge is -2.06. The molecule has 0 saturated heterocycles. The van der Waals surface area contributed by atoms with E-state index in [1.165, 1.54) is 24.7 Å². The number of hydrogen-bond donors (Lipinski definition) is 2. The first kappa shape index (κ1) is 14.8. The van der Waals surface area contributed by atoms with Crippen molar-refractivity contribution in [1.82, 2.24) is 4.98 Å². The highest BCUT2D eigenvalue weighted by Gasteiger charge is 2.08. The van der Waals surface area contributed by atoms with E-state index < -0.39 is 5.82 Å². The fourth-order valence-corrected chi connectivity index (χ4v) is 1.69. The molecule has 0 atom stereocenters. The van der Waals surface area contributed by atoms with Crippen molar-refractivity contribution in [2.45, 2.75) is 13.5 Å². The molecule has 0 amide bonds. The zero-order valence-corrected chi connectivity index (χ0v) is 11.4. The molecule has 0 saturated carbocycles. The van der Waals surface area contributed by atoms with Crippen LogP contribution in [0.4, 0.5) is 4.39 Å². The monoisotopic (exact) mass is 287 g/mol. The van der Waals surface area contributed by atoms with Crippen LogP contribution in [0.1, 0.15) is 22.4 Å². The van der Waals surface area contributed by atoms with Gasteiger partial charge in [0.2, 0.25) is 0 Å². The molecule has 0 bridgehead atoms. The number of hydrogen-bond acceptors (Lipinski definition) is 5. The second-order valence-corrected chi connectivity index (χ2v) is 4.30. The summed E-state index contributed by atoms with van der Waals surface area (Å²) < 4.78 is 13.4. The third-order valence-corrected chi connectivity index (χ3v) is 2.88. The summed E-state index contributed by atoms with van der Waals surface area (Å²) in [5.74, 6) is -0.457. The number of halogens is 1. The van der Waals surface area contributed by atoms with E-state index in [4.69, 9.17) is 0 Å². The van der Waals surface area contributed by atoms with Crippen LogP contribution in [0.2, 0.25) is 0 Å². The quantitative estimate of drug-likeness (QED) is 0.668. The lowest BCUT2D eigenvalue weighted by atomic mass is 10.1. The lowest BCUT2D eigenvalue weighted by Crippen LogP contribution is -1.97. The average molecular weight is 287 g/mol. The molecule has 5 nitrogen and oxygen atoms in total. The maximum atomic E-state index is 13.4. The Hall–Kier alpha value is -2.60. The molecule has 0 fully saturated rings. The Morgan fingerprint density at radius 3 is 2.67 bits per heavy atom. The molecule has 2 rings (SSSR count). The van der Waals surface area contributed by atoms with Gasteiger partial charge in [0.05, 0.1) is 24.7 Å². The van der Waals surface area contributed by atoms with Crippen LogP contribution in [0.3, 0.4) is 0 Å². The number of aliphatic hydroxyl groups is 1. The molecule has 1 heterocycles. The average Bonchev–Trinajstić information content (AvgIpc) is 2.49. The summed E-state index contributed by atoms with van der Waals surface area (Å²) in [6.07, 6.45) is 4.03. The summed E-state index contributed by atoms with van der Waals surface area (Å²) in [7, 11) is 0. The molecule has 108 valence electrons. The Balaban J connectivity index is 2.23. The summed E-state index contributed by atoms with van der Waals surface area (Å²) in [6.45, 7) is 1.36. The number of pyridine rings is 1. The number of aromatic hydroxyl groups is 1. The third kappa shape index (κ3) is 3.49. The van der Waals surface area contributed by atoms with Gasteiger partial charge in [-0.1, -0.05) is 18.2 Å². The fourth-order valence-electron chi connectivity index (χ4n) is 1.69. The van der Waals surface area contributed by atoms with Gasteiger partial charge < -0.3 is 10.2 Å². The van der Waals surface area contributed by atoms with Crippen molar-refractivity contribution in [1.29, 1.82) is 0 Å². The molecule has 0 aliphatic rings. The largest absolute Gasteiger partial charge is 0.505 e. The number of rotatable bonds is 4. The van der Waals surface area contributed by atoms with E-state index in [1.54, 1.807) is 25.1 Å². The van der Waals surface area contributed by atoms with Crippen LogP contribution in [0.5, 0.6) is 5.75 Å². The van der Waals surface area contributed by atoms with Crippen LogP contribution in [-0.2, 0) is 6.61 Å². The molecule has 2 N–H and O–H groups in total. The van der Waals surface area contributed by atoms with Crippen molar-refractivity contribution in [3.63, 3.8) is 0 Å². The second-order valence-electron chi connectivity index (χ2n) is 4.30. The molecule has 0 aliphatic heterocycles. The number of aromatic nitrogens is 1. The molecule has 21 heavy (non-hydrogen) atoms. The van der Waals surface area contributed by atoms with Gasteiger partial charge in [-0.2, -0.15) is 10.2 Å². The smallest absolute Gasteiger partial charge is 0.145 e. The summed E-state index contributed by atoms with van der Waals surface area (Å²) in [5, 5.41) is 26.6. The zero-order chi connectivity index (χ0) is 15.2. The number of aliphatic hydroxyl groups excluding tert-OH is 1.